The highest BCUT2D eigenvalue weighted by Gasteiger charge is 2.12. The Hall–Kier alpha value is -2.08. The number of nitrogens with zero attached hydrogens (tertiary/aromatic N) is 3. The van der Waals surface area contributed by atoms with Crippen LogP contribution in [0.4, 0.5) is 5.82 Å². The summed E-state index contributed by atoms with van der Waals surface area (Å²) in [6.07, 6.45) is 0. The lowest BCUT2D eigenvalue weighted by atomic mass is 10.2. The molecule has 0 saturated carbocycles. The second kappa shape index (κ2) is 5.73. The van der Waals surface area contributed by atoms with Crippen molar-refractivity contribution in [1.29, 1.82) is 0 Å². The largest absolute Gasteiger partial charge is 0.372 e. The first-order chi connectivity index (χ1) is 10.2. The fourth-order valence-corrected chi connectivity index (χ4v) is 3.16. The number of aromatic nitrogens is 3. The summed E-state index contributed by atoms with van der Waals surface area (Å²) in [4.78, 5) is 9.17. The van der Waals surface area contributed by atoms with Gasteiger partial charge >= 0.3 is 0 Å². The van der Waals surface area contributed by atoms with Gasteiger partial charge in [-0.2, -0.15) is 0 Å². The molecule has 2 heterocycles. The lowest BCUT2D eigenvalue weighted by Gasteiger charge is -2.07. The van der Waals surface area contributed by atoms with Gasteiger partial charge in [0.15, 0.2) is 5.16 Å². The molecule has 3 aromatic rings. The second-order valence-corrected chi connectivity index (χ2v) is 5.66. The van der Waals surface area contributed by atoms with Gasteiger partial charge < -0.3 is 9.84 Å². The zero-order valence-corrected chi connectivity index (χ0v) is 13.0. The molecule has 0 spiro atoms. The Morgan fingerprint density at radius 2 is 2.00 bits per heavy atom. The van der Waals surface area contributed by atoms with Crippen molar-refractivity contribution in [2.24, 2.45) is 0 Å². The van der Waals surface area contributed by atoms with Gasteiger partial charge in [0, 0.05) is 23.8 Å². The number of para-hydroxylation sites is 1. The number of anilines is 1. The molecule has 3 rings (SSSR count). The van der Waals surface area contributed by atoms with Crippen LogP contribution in [-0.2, 0) is 5.75 Å². The molecule has 0 amide bonds. The minimum absolute atomic E-state index is 0.748. The van der Waals surface area contributed by atoms with Crippen LogP contribution in [0.25, 0.3) is 10.9 Å². The third-order valence-corrected chi connectivity index (χ3v) is 4.22. The average Bonchev–Trinajstić information content (AvgIpc) is 2.83. The first-order valence-corrected chi connectivity index (χ1v) is 7.66. The summed E-state index contributed by atoms with van der Waals surface area (Å²) >= 11 is 1.59. The molecule has 0 aliphatic heterocycles. The van der Waals surface area contributed by atoms with Crippen LogP contribution in [0.3, 0.4) is 0 Å². The third-order valence-electron chi connectivity index (χ3n) is 3.35. The van der Waals surface area contributed by atoms with Crippen molar-refractivity contribution in [2.45, 2.75) is 24.8 Å². The number of fused-ring (bicyclic) bond motifs is 1. The van der Waals surface area contributed by atoms with Crippen LogP contribution < -0.4 is 5.32 Å². The fraction of sp³-hybridized carbons (Fsp3) is 0.267. The Kier molecular flexibility index (Phi) is 3.79. The summed E-state index contributed by atoms with van der Waals surface area (Å²) in [6.45, 7) is 3.88. The molecule has 0 bridgehead atoms. The molecular weight excluding hydrogens is 284 g/mol. The Labute approximate surface area is 127 Å². The summed E-state index contributed by atoms with van der Waals surface area (Å²) in [7, 11) is 1.87. The smallest absolute Gasteiger partial charge is 0.190 e. The van der Waals surface area contributed by atoms with Crippen LogP contribution in [0.2, 0.25) is 0 Å². The molecule has 0 aliphatic rings. The van der Waals surface area contributed by atoms with E-state index in [2.05, 4.69) is 20.4 Å². The van der Waals surface area contributed by atoms with Gasteiger partial charge in [-0.05, 0) is 26.0 Å². The standard InChI is InChI=1S/C15H16N4OS/c1-9-12(10(2)20-19-9)8-21-15-17-13-7-5-4-6-11(13)14(16-3)18-15/h4-7H,8H2,1-3H3,(H,16,17,18). The molecular formula is C15H16N4OS. The quantitative estimate of drug-likeness (QED) is 0.587. The number of hydrogen-bond donors (Lipinski definition) is 1. The van der Waals surface area contributed by atoms with E-state index in [4.69, 9.17) is 4.52 Å². The summed E-state index contributed by atoms with van der Waals surface area (Å²) in [5.74, 6) is 2.46. The predicted octanol–water partition coefficient (Wildman–Crippen LogP) is 3.57. The van der Waals surface area contributed by atoms with Gasteiger partial charge in [-0.25, -0.2) is 9.97 Å². The molecule has 108 valence electrons. The van der Waals surface area contributed by atoms with E-state index in [0.717, 1.165) is 44.6 Å². The van der Waals surface area contributed by atoms with Crippen molar-refractivity contribution in [3.63, 3.8) is 0 Å². The highest BCUT2D eigenvalue weighted by Crippen LogP contribution is 2.27. The van der Waals surface area contributed by atoms with Crippen LogP contribution in [-0.4, -0.2) is 22.2 Å². The van der Waals surface area contributed by atoms with Gasteiger partial charge in [-0.3, -0.25) is 0 Å². The van der Waals surface area contributed by atoms with E-state index in [1.54, 1.807) is 11.8 Å². The molecule has 6 heteroatoms. The number of rotatable bonds is 4. The maximum atomic E-state index is 5.18. The molecule has 1 N–H and O–H groups in total. The molecule has 21 heavy (non-hydrogen) atoms. The highest BCUT2D eigenvalue weighted by molar-refractivity contribution is 7.98. The normalized spacial score (nSPS) is 11.0. The molecule has 2 aromatic heterocycles. The van der Waals surface area contributed by atoms with Crippen molar-refractivity contribution in [2.75, 3.05) is 12.4 Å². The van der Waals surface area contributed by atoms with Crippen LogP contribution in [0.1, 0.15) is 17.0 Å². The summed E-state index contributed by atoms with van der Waals surface area (Å²) in [5, 5.41) is 8.88. The highest BCUT2D eigenvalue weighted by atomic mass is 32.2. The number of benzene rings is 1. The lowest BCUT2D eigenvalue weighted by molar-refractivity contribution is 0.392. The van der Waals surface area contributed by atoms with E-state index < -0.39 is 0 Å². The van der Waals surface area contributed by atoms with Crippen LogP contribution in [0, 0.1) is 13.8 Å². The molecule has 5 nitrogen and oxygen atoms in total. The van der Waals surface area contributed by atoms with Gasteiger partial charge in [-0.1, -0.05) is 29.1 Å². The summed E-state index contributed by atoms with van der Waals surface area (Å²) in [5.41, 5.74) is 2.98. The SMILES string of the molecule is CNc1nc(SCc2c(C)noc2C)nc2ccccc12. The predicted molar refractivity (Wildman–Crippen MR) is 84.6 cm³/mol. The van der Waals surface area contributed by atoms with Crippen molar-refractivity contribution >= 4 is 28.5 Å². The van der Waals surface area contributed by atoms with Gasteiger partial charge in [0.2, 0.25) is 0 Å². The van der Waals surface area contributed by atoms with Gasteiger partial charge in [0.05, 0.1) is 11.2 Å². The number of aryl methyl sites for hydroxylation is 2. The molecule has 0 saturated heterocycles. The topological polar surface area (TPSA) is 63.8 Å². The van der Waals surface area contributed by atoms with E-state index in [9.17, 15) is 0 Å². The first-order valence-electron chi connectivity index (χ1n) is 6.68. The minimum Gasteiger partial charge on any atom is -0.372 e. The second-order valence-electron chi connectivity index (χ2n) is 4.71. The Morgan fingerprint density at radius 3 is 2.71 bits per heavy atom. The fourth-order valence-electron chi connectivity index (χ4n) is 2.16. The molecule has 0 fully saturated rings. The summed E-state index contributed by atoms with van der Waals surface area (Å²) < 4.78 is 5.18. The first kappa shape index (κ1) is 13.9. The van der Waals surface area contributed by atoms with Crippen molar-refractivity contribution in [3.05, 3.63) is 41.3 Å². The average molecular weight is 300 g/mol. The number of nitrogens with one attached hydrogen (secondary N) is 1. The van der Waals surface area contributed by atoms with Gasteiger partial charge in [0.1, 0.15) is 11.6 Å². The number of thioether (sulfide) groups is 1. The van der Waals surface area contributed by atoms with E-state index >= 15 is 0 Å². The Balaban J connectivity index is 1.91. The monoisotopic (exact) mass is 300 g/mol. The van der Waals surface area contributed by atoms with Crippen LogP contribution in [0.15, 0.2) is 33.9 Å². The molecule has 1 aromatic carbocycles. The molecule has 0 atom stereocenters. The van der Waals surface area contributed by atoms with Crippen molar-refractivity contribution in [1.82, 2.24) is 15.1 Å². The number of hydrogen-bond acceptors (Lipinski definition) is 6. The molecule has 0 aliphatic carbocycles. The zero-order chi connectivity index (χ0) is 14.8. The van der Waals surface area contributed by atoms with E-state index in [-0.39, 0.29) is 0 Å². The molecule has 0 radical (unpaired) electrons. The maximum absolute atomic E-state index is 5.18. The van der Waals surface area contributed by atoms with E-state index in [1.165, 1.54) is 0 Å². The van der Waals surface area contributed by atoms with Crippen LogP contribution in [0.5, 0.6) is 0 Å². The Morgan fingerprint density at radius 1 is 1.19 bits per heavy atom. The Bertz CT molecular complexity index is 765. The molecule has 0 unspecified atom stereocenters. The third kappa shape index (κ3) is 2.71. The van der Waals surface area contributed by atoms with Gasteiger partial charge in [-0.15, -0.1) is 0 Å². The van der Waals surface area contributed by atoms with E-state index in [1.807, 2.05) is 45.2 Å². The lowest BCUT2D eigenvalue weighted by Crippen LogP contribution is -1.98. The minimum atomic E-state index is 0.748. The van der Waals surface area contributed by atoms with Crippen molar-refractivity contribution in [3.8, 4) is 0 Å². The summed E-state index contributed by atoms with van der Waals surface area (Å²) in [6, 6.07) is 7.99. The van der Waals surface area contributed by atoms with E-state index in [0.29, 0.717) is 0 Å². The van der Waals surface area contributed by atoms with Gasteiger partial charge in [0.25, 0.3) is 0 Å². The maximum Gasteiger partial charge on any atom is 0.190 e. The van der Waals surface area contributed by atoms with Crippen LogP contribution >= 0.6 is 11.8 Å². The zero-order valence-electron chi connectivity index (χ0n) is 12.2. The van der Waals surface area contributed by atoms with Crippen molar-refractivity contribution < 1.29 is 4.52 Å².